The number of hydrogen-bond acceptors (Lipinski definition) is 3. The van der Waals surface area contributed by atoms with Crippen molar-refractivity contribution < 1.29 is 9.59 Å². The van der Waals surface area contributed by atoms with E-state index in [4.69, 9.17) is 23.2 Å². The van der Waals surface area contributed by atoms with Crippen LogP contribution in [0.1, 0.15) is 37.8 Å². The van der Waals surface area contributed by atoms with Gasteiger partial charge in [0.15, 0.2) is 0 Å². The molecule has 0 radical (unpaired) electrons. The molecule has 168 valence electrons. The van der Waals surface area contributed by atoms with Crippen molar-refractivity contribution in [3.63, 3.8) is 0 Å². The number of thioether (sulfide) groups is 1. The minimum absolute atomic E-state index is 0.0914. The zero-order valence-corrected chi connectivity index (χ0v) is 21.6. The molecule has 1 N–H and O–H groups in total. The first-order valence-corrected chi connectivity index (χ1v) is 12.9. The van der Waals surface area contributed by atoms with Crippen LogP contribution in [0, 0.1) is 0 Å². The molecule has 1 atom stereocenters. The number of unbranched alkanes of at least 4 members (excludes halogenated alkanes) is 1. The van der Waals surface area contributed by atoms with Gasteiger partial charge in [-0.1, -0.05) is 70.7 Å². The summed E-state index contributed by atoms with van der Waals surface area (Å²) in [6.45, 7) is 4.72. The maximum Gasteiger partial charge on any atom is 0.242 e. The van der Waals surface area contributed by atoms with Crippen molar-refractivity contribution in [3.05, 3.63) is 68.1 Å². The van der Waals surface area contributed by atoms with Crippen LogP contribution >= 0.6 is 50.9 Å². The van der Waals surface area contributed by atoms with Crippen LogP contribution in [0.25, 0.3) is 0 Å². The molecule has 0 spiro atoms. The number of benzene rings is 2. The molecule has 0 saturated carbocycles. The van der Waals surface area contributed by atoms with Gasteiger partial charge < -0.3 is 10.2 Å². The fourth-order valence-electron chi connectivity index (χ4n) is 2.87. The van der Waals surface area contributed by atoms with Gasteiger partial charge >= 0.3 is 0 Å². The minimum atomic E-state index is -0.591. The van der Waals surface area contributed by atoms with Crippen LogP contribution in [-0.2, 0) is 21.9 Å². The summed E-state index contributed by atoms with van der Waals surface area (Å²) in [5.74, 6) is 0.756. The van der Waals surface area contributed by atoms with Crippen LogP contribution in [0.4, 0.5) is 0 Å². The zero-order chi connectivity index (χ0) is 22.8. The topological polar surface area (TPSA) is 49.4 Å². The van der Waals surface area contributed by atoms with Crippen molar-refractivity contribution in [3.8, 4) is 0 Å². The van der Waals surface area contributed by atoms with E-state index in [1.807, 2.05) is 30.3 Å². The summed E-state index contributed by atoms with van der Waals surface area (Å²) in [4.78, 5) is 27.3. The summed E-state index contributed by atoms with van der Waals surface area (Å²) >= 11 is 17.1. The van der Waals surface area contributed by atoms with Crippen LogP contribution in [-0.4, -0.2) is 35.1 Å². The third kappa shape index (κ3) is 8.68. The lowest BCUT2D eigenvalue weighted by molar-refractivity contribution is -0.138. The average Bonchev–Trinajstić information content (AvgIpc) is 2.75. The van der Waals surface area contributed by atoms with Crippen molar-refractivity contribution >= 4 is 62.7 Å². The van der Waals surface area contributed by atoms with Gasteiger partial charge in [0.05, 0.1) is 15.8 Å². The number of halogens is 3. The summed E-state index contributed by atoms with van der Waals surface area (Å²) in [7, 11) is 0. The molecule has 4 nitrogen and oxygen atoms in total. The molecule has 0 heterocycles. The standard InChI is InChI=1S/C23H27BrCl2N2O2S/c1-3-4-11-27-23(30)16(2)28(13-18-7-10-20(25)21(26)12-18)22(29)15-31-14-17-5-8-19(24)9-6-17/h5-10,12,16H,3-4,11,13-15H2,1-2H3,(H,27,30). The number of amides is 2. The van der Waals surface area contributed by atoms with E-state index in [0.717, 1.165) is 34.2 Å². The fourth-order valence-corrected chi connectivity index (χ4v) is 4.33. The number of hydrogen-bond donors (Lipinski definition) is 1. The van der Waals surface area contributed by atoms with Crippen molar-refractivity contribution in [2.45, 2.75) is 45.0 Å². The molecule has 2 aromatic carbocycles. The second-order valence-corrected chi connectivity index (χ2v) is 9.93. The maximum atomic E-state index is 13.1. The van der Waals surface area contributed by atoms with E-state index in [1.165, 1.54) is 11.8 Å². The van der Waals surface area contributed by atoms with E-state index in [0.29, 0.717) is 16.6 Å². The molecule has 31 heavy (non-hydrogen) atoms. The lowest BCUT2D eigenvalue weighted by Gasteiger charge is -2.29. The van der Waals surface area contributed by atoms with Crippen LogP contribution in [0.3, 0.4) is 0 Å². The predicted molar refractivity (Wildman–Crippen MR) is 135 cm³/mol. The highest BCUT2D eigenvalue weighted by Crippen LogP contribution is 2.24. The first kappa shape index (κ1) is 26.0. The minimum Gasteiger partial charge on any atom is -0.354 e. The third-order valence-corrected chi connectivity index (χ3v) is 7.00. The smallest absolute Gasteiger partial charge is 0.242 e. The molecule has 0 fully saturated rings. The Balaban J connectivity index is 2.06. The molecule has 8 heteroatoms. The van der Waals surface area contributed by atoms with Gasteiger partial charge in [0.25, 0.3) is 0 Å². The highest BCUT2D eigenvalue weighted by Gasteiger charge is 2.26. The monoisotopic (exact) mass is 544 g/mol. The molecular formula is C23H27BrCl2N2O2S. The summed E-state index contributed by atoms with van der Waals surface area (Å²) in [6.07, 6.45) is 1.90. The molecular weight excluding hydrogens is 519 g/mol. The Kier molecular flexibility index (Phi) is 11.2. The summed E-state index contributed by atoms with van der Waals surface area (Å²) in [5.41, 5.74) is 1.97. The van der Waals surface area contributed by atoms with Crippen molar-refractivity contribution in [1.29, 1.82) is 0 Å². The Morgan fingerprint density at radius 2 is 1.77 bits per heavy atom. The van der Waals surface area contributed by atoms with Gasteiger partial charge in [-0.15, -0.1) is 11.8 Å². The van der Waals surface area contributed by atoms with Gasteiger partial charge in [-0.05, 0) is 48.7 Å². The van der Waals surface area contributed by atoms with E-state index in [1.54, 1.807) is 24.0 Å². The number of rotatable bonds is 11. The van der Waals surface area contributed by atoms with E-state index >= 15 is 0 Å². The normalized spacial score (nSPS) is 11.8. The largest absolute Gasteiger partial charge is 0.354 e. The van der Waals surface area contributed by atoms with Gasteiger partial charge in [-0.25, -0.2) is 0 Å². The molecule has 2 aromatic rings. The Labute approximate surface area is 207 Å². The maximum absolute atomic E-state index is 13.1. The second-order valence-electron chi connectivity index (χ2n) is 7.21. The first-order valence-electron chi connectivity index (χ1n) is 10.1. The van der Waals surface area contributed by atoms with Gasteiger partial charge in [0, 0.05) is 23.3 Å². The average molecular weight is 546 g/mol. The number of carbonyl (C=O) groups excluding carboxylic acids is 2. The Hall–Kier alpha value is -1.21. The van der Waals surface area contributed by atoms with Gasteiger partial charge in [-0.3, -0.25) is 9.59 Å². The highest BCUT2D eigenvalue weighted by atomic mass is 79.9. The Bertz CT molecular complexity index is 880. The third-order valence-electron chi connectivity index (χ3n) is 4.74. The number of nitrogens with zero attached hydrogens (tertiary/aromatic N) is 1. The Morgan fingerprint density at radius 1 is 1.10 bits per heavy atom. The van der Waals surface area contributed by atoms with Crippen molar-refractivity contribution in [1.82, 2.24) is 10.2 Å². The van der Waals surface area contributed by atoms with Crippen LogP contribution in [0.15, 0.2) is 46.9 Å². The lowest BCUT2D eigenvalue weighted by Crippen LogP contribution is -2.48. The molecule has 0 aliphatic carbocycles. The van der Waals surface area contributed by atoms with E-state index in [-0.39, 0.29) is 24.1 Å². The summed E-state index contributed by atoms with van der Waals surface area (Å²) in [6, 6.07) is 12.7. The summed E-state index contributed by atoms with van der Waals surface area (Å²) < 4.78 is 1.02. The molecule has 0 aromatic heterocycles. The van der Waals surface area contributed by atoms with Gasteiger partial charge in [0.2, 0.25) is 11.8 Å². The van der Waals surface area contributed by atoms with Gasteiger partial charge in [-0.2, -0.15) is 0 Å². The van der Waals surface area contributed by atoms with Crippen LogP contribution in [0.5, 0.6) is 0 Å². The second kappa shape index (κ2) is 13.4. The first-order chi connectivity index (χ1) is 14.8. The number of nitrogens with one attached hydrogen (secondary N) is 1. The van der Waals surface area contributed by atoms with Crippen molar-refractivity contribution in [2.75, 3.05) is 12.3 Å². The van der Waals surface area contributed by atoms with E-state index in [9.17, 15) is 9.59 Å². The quantitative estimate of drug-likeness (QED) is 0.336. The molecule has 0 aliphatic heterocycles. The Morgan fingerprint density at radius 3 is 2.42 bits per heavy atom. The van der Waals surface area contributed by atoms with Crippen molar-refractivity contribution in [2.24, 2.45) is 0 Å². The molecule has 1 unspecified atom stereocenters. The lowest BCUT2D eigenvalue weighted by atomic mass is 10.1. The van der Waals surface area contributed by atoms with E-state index < -0.39 is 6.04 Å². The highest BCUT2D eigenvalue weighted by molar-refractivity contribution is 9.10. The molecule has 0 aliphatic rings. The predicted octanol–water partition coefficient (Wildman–Crippen LogP) is 6.32. The summed E-state index contributed by atoms with van der Waals surface area (Å²) in [5, 5.41) is 3.81. The SMILES string of the molecule is CCCCNC(=O)C(C)N(Cc1ccc(Cl)c(Cl)c1)C(=O)CSCc1ccc(Br)cc1. The number of carbonyl (C=O) groups is 2. The van der Waals surface area contributed by atoms with Crippen LogP contribution < -0.4 is 5.32 Å². The molecule has 0 bridgehead atoms. The molecule has 2 amide bonds. The fraction of sp³-hybridized carbons (Fsp3) is 0.391. The zero-order valence-electron chi connectivity index (χ0n) is 17.7. The van der Waals surface area contributed by atoms with E-state index in [2.05, 4.69) is 28.2 Å². The molecule has 2 rings (SSSR count). The molecule has 0 saturated heterocycles. The van der Waals surface area contributed by atoms with Crippen LogP contribution in [0.2, 0.25) is 10.0 Å². The van der Waals surface area contributed by atoms with Gasteiger partial charge in [0.1, 0.15) is 6.04 Å².